The third-order valence-corrected chi connectivity index (χ3v) is 3.16. The molecule has 108 valence electrons. The van der Waals surface area contributed by atoms with Gasteiger partial charge in [0.2, 0.25) is 0 Å². The maximum atomic E-state index is 5.80. The lowest BCUT2D eigenvalue weighted by molar-refractivity contribution is 0.268. The number of rotatable bonds is 7. The van der Waals surface area contributed by atoms with Crippen molar-refractivity contribution in [2.24, 2.45) is 0 Å². The third kappa shape index (κ3) is 4.14. The molecule has 3 nitrogen and oxygen atoms in total. The molecule has 0 saturated carbocycles. The van der Waals surface area contributed by atoms with Crippen molar-refractivity contribution in [2.75, 3.05) is 6.54 Å². The molecule has 0 bridgehead atoms. The van der Waals surface area contributed by atoms with E-state index in [2.05, 4.69) is 38.2 Å². The fourth-order valence-corrected chi connectivity index (χ4v) is 2.11. The van der Waals surface area contributed by atoms with Crippen LogP contribution in [0.5, 0.6) is 5.75 Å². The molecular weight excluding hydrogens is 250 g/mol. The zero-order valence-corrected chi connectivity index (χ0v) is 12.5. The van der Waals surface area contributed by atoms with Crippen molar-refractivity contribution in [3.05, 3.63) is 53.0 Å². The van der Waals surface area contributed by atoms with Crippen molar-refractivity contribution in [2.45, 2.75) is 40.3 Å². The molecule has 1 aromatic carbocycles. The van der Waals surface area contributed by atoms with Crippen LogP contribution in [0, 0.1) is 13.8 Å². The minimum atomic E-state index is 0.470. The van der Waals surface area contributed by atoms with Crippen molar-refractivity contribution in [3.63, 3.8) is 0 Å². The maximum Gasteiger partial charge on any atom is 0.146 e. The highest BCUT2D eigenvalue weighted by Gasteiger charge is 2.04. The molecule has 0 fully saturated rings. The number of hydrogen-bond acceptors (Lipinski definition) is 3. The van der Waals surface area contributed by atoms with E-state index in [9.17, 15) is 0 Å². The first-order chi connectivity index (χ1) is 9.69. The second kappa shape index (κ2) is 7.15. The topological polar surface area (TPSA) is 34.4 Å². The van der Waals surface area contributed by atoms with Gasteiger partial charge in [-0.15, -0.1) is 0 Å². The Morgan fingerprint density at radius 2 is 2.05 bits per heavy atom. The minimum Gasteiger partial charge on any atom is -0.485 e. The van der Waals surface area contributed by atoms with Crippen LogP contribution < -0.4 is 10.1 Å². The van der Waals surface area contributed by atoms with Crippen molar-refractivity contribution in [1.29, 1.82) is 0 Å². The van der Waals surface area contributed by atoms with Crippen LogP contribution in [-0.4, -0.2) is 6.54 Å². The van der Waals surface area contributed by atoms with Gasteiger partial charge < -0.3 is 14.5 Å². The van der Waals surface area contributed by atoms with E-state index in [0.717, 1.165) is 42.1 Å². The second-order valence-corrected chi connectivity index (χ2v) is 5.16. The number of furan rings is 1. The van der Waals surface area contributed by atoms with Crippen molar-refractivity contribution < 1.29 is 9.15 Å². The van der Waals surface area contributed by atoms with E-state index in [1.165, 1.54) is 5.56 Å². The lowest BCUT2D eigenvalue weighted by Crippen LogP contribution is -2.13. The van der Waals surface area contributed by atoms with Gasteiger partial charge in [0.25, 0.3) is 0 Å². The van der Waals surface area contributed by atoms with E-state index in [4.69, 9.17) is 9.15 Å². The summed E-state index contributed by atoms with van der Waals surface area (Å²) < 4.78 is 11.3. The number of aryl methyl sites for hydroxylation is 2. The number of ether oxygens (including phenoxy) is 1. The van der Waals surface area contributed by atoms with Crippen LogP contribution in [0.2, 0.25) is 0 Å². The summed E-state index contributed by atoms with van der Waals surface area (Å²) in [5.41, 5.74) is 3.57. The summed E-state index contributed by atoms with van der Waals surface area (Å²) >= 11 is 0. The van der Waals surface area contributed by atoms with Crippen LogP contribution in [0.25, 0.3) is 0 Å². The van der Waals surface area contributed by atoms with Crippen LogP contribution in [0.4, 0.5) is 0 Å². The number of nitrogens with one attached hydrogen (secondary N) is 1. The van der Waals surface area contributed by atoms with E-state index in [-0.39, 0.29) is 0 Å². The Hall–Kier alpha value is -1.74. The predicted octanol–water partition coefficient (Wildman–Crippen LogP) is 3.98. The smallest absolute Gasteiger partial charge is 0.146 e. The van der Waals surface area contributed by atoms with Gasteiger partial charge in [-0.25, -0.2) is 0 Å². The molecule has 0 amide bonds. The Morgan fingerprint density at radius 1 is 1.20 bits per heavy atom. The molecule has 3 heteroatoms. The van der Waals surface area contributed by atoms with E-state index in [0.29, 0.717) is 6.61 Å². The maximum absolute atomic E-state index is 5.80. The van der Waals surface area contributed by atoms with Gasteiger partial charge in [-0.05, 0) is 44.5 Å². The Labute approximate surface area is 121 Å². The Morgan fingerprint density at radius 3 is 2.80 bits per heavy atom. The van der Waals surface area contributed by atoms with E-state index in [1.54, 1.807) is 6.26 Å². The van der Waals surface area contributed by atoms with Gasteiger partial charge in [-0.1, -0.05) is 24.6 Å². The Kier molecular flexibility index (Phi) is 5.24. The lowest BCUT2D eigenvalue weighted by Gasteiger charge is -2.08. The van der Waals surface area contributed by atoms with Crippen LogP contribution >= 0.6 is 0 Å². The van der Waals surface area contributed by atoms with Crippen molar-refractivity contribution in [1.82, 2.24) is 5.32 Å². The first-order valence-electron chi connectivity index (χ1n) is 7.16. The highest BCUT2D eigenvalue weighted by Crippen LogP contribution is 2.20. The Balaban J connectivity index is 1.87. The molecule has 0 aliphatic carbocycles. The fraction of sp³-hybridized carbons (Fsp3) is 0.412. The third-order valence-electron chi connectivity index (χ3n) is 3.16. The zero-order valence-electron chi connectivity index (χ0n) is 12.5. The standard InChI is InChI=1S/C17H23NO2/c1-4-7-18-10-15-9-16(19-11-15)12-20-17-6-5-13(2)8-14(17)3/h5-6,8-9,11,18H,4,7,10,12H2,1-3H3. The fourth-order valence-electron chi connectivity index (χ4n) is 2.11. The van der Waals surface area contributed by atoms with Crippen LogP contribution in [-0.2, 0) is 13.2 Å². The first-order valence-corrected chi connectivity index (χ1v) is 7.16. The van der Waals surface area contributed by atoms with Gasteiger partial charge in [0.15, 0.2) is 0 Å². The molecule has 0 spiro atoms. The molecule has 0 aliphatic heterocycles. The normalized spacial score (nSPS) is 10.8. The SMILES string of the molecule is CCCNCc1coc(COc2ccc(C)cc2C)c1. The Bertz CT molecular complexity index is 546. The highest BCUT2D eigenvalue weighted by molar-refractivity contribution is 5.35. The summed E-state index contributed by atoms with van der Waals surface area (Å²) in [7, 11) is 0. The van der Waals surface area contributed by atoms with Gasteiger partial charge in [0.05, 0.1) is 6.26 Å². The lowest BCUT2D eigenvalue weighted by atomic mass is 10.1. The quantitative estimate of drug-likeness (QED) is 0.775. The van der Waals surface area contributed by atoms with E-state index < -0.39 is 0 Å². The van der Waals surface area contributed by atoms with E-state index >= 15 is 0 Å². The van der Waals surface area contributed by atoms with E-state index in [1.807, 2.05) is 12.1 Å². The molecule has 1 N–H and O–H groups in total. The van der Waals surface area contributed by atoms with Crippen LogP contribution in [0.15, 0.2) is 34.9 Å². The summed E-state index contributed by atoms with van der Waals surface area (Å²) in [6.45, 7) is 8.65. The van der Waals surface area contributed by atoms with Crippen molar-refractivity contribution >= 4 is 0 Å². The summed E-state index contributed by atoms with van der Waals surface area (Å²) in [4.78, 5) is 0. The molecule has 1 aromatic heterocycles. The zero-order chi connectivity index (χ0) is 14.4. The molecule has 0 atom stereocenters. The molecule has 2 rings (SSSR count). The molecule has 0 aliphatic rings. The van der Waals surface area contributed by atoms with Gasteiger partial charge in [0, 0.05) is 12.1 Å². The molecule has 0 saturated heterocycles. The molecule has 0 radical (unpaired) electrons. The van der Waals surface area contributed by atoms with Gasteiger partial charge in [0.1, 0.15) is 18.1 Å². The first kappa shape index (κ1) is 14.7. The predicted molar refractivity (Wildman–Crippen MR) is 81.0 cm³/mol. The van der Waals surface area contributed by atoms with Gasteiger partial charge in [-0.2, -0.15) is 0 Å². The molecular formula is C17H23NO2. The average molecular weight is 273 g/mol. The molecule has 1 heterocycles. The monoisotopic (exact) mass is 273 g/mol. The number of hydrogen-bond donors (Lipinski definition) is 1. The number of benzene rings is 1. The van der Waals surface area contributed by atoms with Crippen LogP contribution in [0.3, 0.4) is 0 Å². The van der Waals surface area contributed by atoms with Gasteiger partial charge in [-0.3, -0.25) is 0 Å². The summed E-state index contributed by atoms with van der Waals surface area (Å²) in [5, 5.41) is 3.35. The second-order valence-electron chi connectivity index (χ2n) is 5.16. The van der Waals surface area contributed by atoms with Crippen molar-refractivity contribution in [3.8, 4) is 5.75 Å². The summed E-state index contributed by atoms with van der Waals surface area (Å²) in [5.74, 6) is 1.77. The summed E-state index contributed by atoms with van der Waals surface area (Å²) in [6, 6.07) is 8.24. The molecule has 2 aromatic rings. The molecule has 0 unspecified atom stereocenters. The largest absolute Gasteiger partial charge is 0.485 e. The highest BCUT2D eigenvalue weighted by atomic mass is 16.5. The summed E-state index contributed by atoms with van der Waals surface area (Å²) in [6.07, 6.45) is 2.93. The van der Waals surface area contributed by atoms with Gasteiger partial charge >= 0.3 is 0 Å². The molecule has 20 heavy (non-hydrogen) atoms. The minimum absolute atomic E-state index is 0.470. The average Bonchev–Trinajstić information content (AvgIpc) is 2.86. The van der Waals surface area contributed by atoms with Crippen LogP contribution in [0.1, 0.15) is 35.8 Å².